The van der Waals surface area contributed by atoms with Crippen molar-refractivity contribution in [2.75, 3.05) is 7.11 Å². The molecule has 0 atom stereocenters. The van der Waals surface area contributed by atoms with Gasteiger partial charge in [-0.2, -0.15) is 0 Å². The lowest BCUT2D eigenvalue weighted by molar-refractivity contribution is 0.0600. The predicted molar refractivity (Wildman–Crippen MR) is 98.9 cm³/mol. The van der Waals surface area contributed by atoms with Gasteiger partial charge in [0.1, 0.15) is 12.3 Å². The maximum Gasteiger partial charge on any atom is 0.337 e. The molecular formula is C21H18N2O3. The zero-order chi connectivity index (χ0) is 18.2. The van der Waals surface area contributed by atoms with E-state index in [9.17, 15) is 4.79 Å². The molecular weight excluding hydrogens is 328 g/mol. The highest BCUT2D eigenvalue weighted by Crippen LogP contribution is 2.12. The number of carbonyl (C=O) groups is 1. The van der Waals surface area contributed by atoms with E-state index in [-0.39, 0.29) is 12.6 Å². The van der Waals surface area contributed by atoms with Crippen LogP contribution in [0.5, 0.6) is 0 Å². The number of benzene rings is 2. The molecule has 3 aromatic rings. The maximum atomic E-state index is 11.5. The van der Waals surface area contributed by atoms with Crippen LogP contribution in [0.4, 0.5) is 0 Å². The Balaban J connectivity index is 1.76. The van der Waals surface area contributed by atoms with E-state index >= 15 is 0 Å². The van der Waals surface area contributed by atoms with Crippen LogP contribution >= 0.6 is 0 Å². The third-order valence-electron chi connectivity index (χ3n) is 3.74. The van der Waals surface area contributed by atoms with Gasteiger partial charge in [-0.1, -0.05) is 47.6 Å². The van der Waals surface area contributed by atoms with Gasteiger partial charge in [0, 0.05) is 23.5 Å². The van der Waals surface area contributed by atoms with Gasteiger partial charge in [-0.15, -0.1) is 0 Å². The summed E-state index contributed by atoms with van der Waals surface area (Å²) in [5.74, 6) is -0.363. The molecule has 5 nitrogen and oxygen atoms in total. The van der Waals surface area contributed by atoms with Crippen molar-refractivity contribution in [1.29, 1.82) is 0 Å². The third kappa shape index (κ3) is 4.33. The fourth-order valence-electron chi connectivity index (χ4n) is 2.40. The molecule has 0 aliphatic rings. The first-order valence-corrected chi connectivity index (χ1v) is 8.11. The molecule has 0 saturated carbocycles. The summed E-state index contributed by atoms with van der Waals surface area (Å²) >= 11 is 0. The van der Waals surface area contributed by atoms with Crippen molar-refractivity contribution in [3.05, 3.63) is 101 Å². The zero-order valence-corrected chi connectivity index (χ0v) is 14.3. The van der Waals surface area contributed by atoms with Gasteiger partial charge in [-0.3, -0.25) is 4.98 Å². The first-order chi connectivity index (χ1) is 12.8. The van der Waals surface area contributed by atoms with Gasteiger partial charge in [0.15, 0.2) is 0 Å². The molecule has 0 fully saturated rings. The fraction of sp³-hybridized carbons (Fsp3) is 0.0952. The van der Waals surface area contributed by atoms with E-state index in [0.29, 0.717) is 11.3 Å². The Bertz CT molecular complexity index is 835. The second-order valence-corrected chi connectivity index (χ2v) is 5.51. The summed E-state index contributed by atoms with van der Waals surface area (Å²) in [7, 11) is 1.36. The number of pyridine rings is 1. The average Bonchev–Trinajstić information content (AvgIpc) is 2.72. The molecule has 3 rings (SSSR count). The van der Waals surface area contributed by atoms with E-state index in [1.807, 2.05) is 54.6 Å². The molecule has 0 N–H and O–H groups in total. The van der Waals surface area contributed by atoms with Gasteiger partial charge in [-0.25, -0.2) is 4.79 Å². The molecule has 0 aliphatic carbocycles. The van der Waals surface area contributed by atoms with Gasteiger partial charge >= 0.3 is 5.97 Å². The van der Waals surface area contributed by atoms with E-state index in [1.54, 1.807) is 24.5 Å². The fourth-order valence-corrected chi connectivity index (χ4v) is 2.40. The first-order valence-electron chi connectivity index (χ1n) is 8.11. The molecule has 5 heteroatoms. The van der Waals surface area contributed by atoms with Gasteiger partial charge in [0.25, 0.3) is 0 Å². The summed E-state index contributed by atoms with van der Waals surface area (Å²) in [6.45, 7) is 0.290. The van der Waals surface area contributed by atoms with E-state index in [0.717, 1.165) is 16.7 Å². The number of ether oxygens (including phenoxy) is 1. The molecule has 0 unspecified atom stereocenters. The third-order valence-corrected chi connectivity index (χ3v) is 3.74. The topological polar surface area (TPSA) is 60.8 Å². The Morgan fingerprint density at radius 3 is 2.31 bits per heavy atom. The number of hydrogen-bond donors (Lipinski definition) is 0. The highest BCUT2D eigenvalue weighted by molar-refractivity contribution is 6.12. The minimum atomic E-state index is -0.363. The standard InChI is InChI=1S/C21H18N2O3/c1-25-21(24)18-11-9-16(10-12-18)15-26-23-20(17-6-3-2-4-7-17)19-8-5-13-22-14-19/h2-14H,15H2,1H3/b23-20+. The molecule has 130 valence electrons. The molecule has 0 bridgehead atoms. The number of oxime groups is 1. The van der Waals surface area contributed by atoms with Crippen molar-refractivity contribution >= 4 is 11.7 Å². The highest BCUT2D eigenvalue weighted by atomic mass is 16.6. The summed E-state index contributed by atoms with van der Waals surface area (Å²) in [5.41, 5.74) is 3.94. The Morgan fingerprint density at radius 1 is 0.923 bits per heavy atom. The lowest BCUT2D eigenvalue weighted by Crippen LogP contribution is -2.05. The minimum absolute atomic E-state index is 0.290. The summed E-state index contributed by atoms with van der Waals surface area (Å²) < 4.78 is 4.69. The van der Waals surface area contributed by atoms with Crippen molar-refractivity contribution in [3.8, 4) is 0 Å². The monoisotopic (exact) mass is 346 g/mol. The van der Waals surface area contributed by atoms with Gasteiger partial charge in [0.2, 0.25) is 0 Å². The van der Waals surface area contributed by atoms with Crippen molar-refractivity contribution in [2.24, 2.45) is 5.16 Å². The van der Waals surface area contributed by atoms with E-state index in [2.05, 4.69) is 14.9 Å². The quantitative estimate of drug-likeness (QED) is 0.386. The maximum absolute atomic E-state index is 11.5. The van der Waals surface area contributed by atoms with E-state index < -0.39 is 0 Å². The summed E-state index contributed by atoms with van der Waals surface area (Å²) in [6, 6.07) is 20.6. The Kier molecular flexibility index (Phi) is 5.72. The lowest BCUT2D eigenvalue weighted by Gasteiger charge is -2.07. The van der Waals surface area contributed by atoms with Crippen LogP contribution in [0.1, 0.15) is 27.0 Å². The van der Waals surface area contributed by atoms with Crippen molar-refractivity contribution < 1.29 is 14.4 Å². The van der Waals surface area contributed by atoms with Crippen LogP contribution in [0.25, 0.3) is 0 Å². The Labute approximate surface area is 151 Å². The van der Waals surface area contributed by atoms with Crippen LogP contribution in [0.3, 0.4) is 0 Å². The number of methoxy groups -OCH3 is 1. The number of hydrogen-bond acceptors (Lipinski definition) is 5. The van der Waals surface area contributed by atoms with Crippen molar-refractivity contribution in [3.63, 3.8) is 0 Å². The highest BCUT2D eigenvalue weighted by Gasteiger charge is 2.08. The van der Waals surface area contributed by atoms with Crippen LogP contribution in [-0.2, 0) is 16.2 Å². The summed E-state index contributed by atoms with van der Waals surface area (Å²) in [4.78, 5) is 21.2. The molecule has 0 amide bonds. The number of aromatic nitrogens is 1. The summed E-state index contributed by atoms with van der Waals surface area (Å²) in [6.07, 6.45) is 3.47. The van der Waals surface area contributed by atoms with Crippen LogP contribution < -0.4 is 0 Å². The van der Waals surface area contributed by atoms with Crippen LogP contribution in [0.15, 0.2) is 84.3 Å². The molecule has 1 heterocycles. The number of nitrogens with zero attached hydrogens (tertiary/aromatic N) is 2. The first kappa shape index (κ1) is 17.4. The second-order valence-electron chi connectivity index (χ2n) is 5.51. The number of carbonyl (C=O) groups excluding carboxylic acids is 1. The van der Waals surface area contributed by atoms with E-state index in [1.165, 1.54) is 7.11 Å². The Hall–Kier alpha value is -3.47. The smallest absolute Gasteiger partial charge is 0.337 e. The molecule has 0 saturated heterocycles. The van der Waals surface area contributed by atoms with Crippen LogP contribution in [-0.4, -0.2) is 23.8 Å². The van der Waals surface area contributed by atoms with Crippen LogP contribution in [0, 0.1) is 0 Å². The molecule has 0 spiro atoms. The second kappa shape index (κ2) is 8.58. The van der Waals surface area contributed by atoms with Gasteiger partial charge in [0.05, 0.1) is 12.7 Å². The minimum Gasteiger partial charge on any atom is -0.465 e. The average molecular weight is 346 g/mol. The SMILES string of the molecule is COC(=O)c1ccc(CO/N=C(\c2ccccc2)c2cccnc2)cc1. The molecule has 0 radical (unpaired) electrons. The predicted octanol–water partition coefficient (Wildman–Crippen LogP) is 3.84. The van der Waals surface area contributed by atoms with E-state index in [4.69, 9.17) is 4.84 Å². The van der Waals surface area contributed by atoms with Crippen molar-refractivity contribution in [1.82, 2.24) is 4.98 Å². The summed E-state index contributed by atoms with van der Waals surface area (Å²) in [5, 5.41) is 4.32. The van der Waals surface area contributed by atoms with Crippen LogP contribution in [0.2, 0.25) is 0 Å². The van der Waals surface area contributed by atoms with Crippen molar-refractivity contribution in [2.45, 2.75) is 6.61 Å². The van der Waals surface area contributed by atoms with Gasteiger partial charge in [-0.05, 0) is 29.8 Å². The molecule has 0 aliphatic heterocycles. The zero-order valence-electron chi connectivity index (χ0n) is 14.3. The largest absolute Gasteiger partial charge is 0.465 e. The molecule has 1 aromatic heterocycles. The number of rotatable bonds is 6. The molecule has 2 aromatic carbocycles. The molecule has 26 heavy (non-hydrogen) atoms. The lowest BCUT2D eigenvalue weighted by atomic mass is 10.0. The van der Waals surface area contributed by atoms with Gasteiger partial charge < -0.3 is 9.57 Å². The number of esters is 1. The normalized spacial score (nSPS) is 11.0. The Morgan fingerprint density at radius 2 is 1.65 bits per heavy atom.